The van der Waals surface area contributed by atoms with Crippen LogP contribution in [-0.2, 0) is 19.1 Å². The number of urea groups is 1. The molecule has 4 amide bonds. The van der Waals surface area contributed by atoms with Crippen LogP contribution in [0, 0.1) is 0 Å². The summed E-state index contributed by atoms with van der Waals surface area (Å²) in [6.07, 6.45) is 4.44. The molecule has 1 saturated carbocycles. The van der Waals surface area contributed by atoms with Gasteiger partial charge in [0.1, 0.15) is 12.6 Å². The largest absolute Gasteiger partial charge is 0.372 e. The van der Waals surface area contributed by atoms with Gasteiger partial charge in [-0.2, -0.15) is 0 Å². The molecule has 3 atom stereocenters. The summed E-state index contributed by atoms with van der Waals surface area (Å²) >= 11 is 0. The van der Waals surface area contributed by atoms with Crippen molar-refractivity contribution in [3.05, 3.63) is 0 Å². The number of morpholine rings is 1. The topological polar surface area (TPSA) is 91.4 Å². The van der Waals surface area contributed by atoms with E-state index >= 15 is 0 Å². The zero-order chi connectivity index (χ0) is 19.0. The molecule has 4 aliphatic rings. The Morgan fingerprint density at radius 1 is 1.22 bits per heavy atom. The highest BCUT2D eigenvalue weighted by Crippen LogP contribution is 2.25. The maximum atomic E-state index is 12.9. The van der Waals surface area contributed by atoms with Gasteiger partial charge in [-0.1, -0.05) is 12.8 Å². The van der Waals surface area contributed by atoms with Crippen LogP contribution in [-0.4, -0.2) is 103 Å². The van der Waals surface area contributed by atoms with Crippen molar-refractivity contribution >= 4 is 17.8 Å². The van der Waals surface area contributed by atoms with Crippen LogP contribution in [0.1, 0.15) is 25.7 Å². The molecule has 3 aliphatic heterocycles. The number of fused-ring (bicyclic) bond motifs is 1. The van der Waals surface area contributed by atoms with Gasteiger partial charge in [-0.15, -0.1) is 0 Å². The molecule has 3 saturated heterocycles. The molecule has 4 rings (SSSR count). The third-order valence-corrected chi connectivity index (χ3v) is 6.08. The third-order valence-electron chi connectivity index (χ3n) is 6.08. The standard InChI is InChI=1S/C18H28N4O5/c1-20-8-13(19-18(20)25)17(24)22-6-7-26-15-10-21(9-14(15)22)16(23)11-27-12-4-2-3-5-12/h12-15H,2-11H2,1H3,(H,19,25)/t13?,14-,15+/m0/s1. The lowest BCUT2D eigenvalue weighted by molar-refractivity contribution is -0.144. The van der Waals surface area contributed by atoms with E-state index in [-0.39, 0.29) is 42.7 Å². The molecular formula is C18H28N4O5. The number of carbonyl (C=O) groups excluding carboxylic acids is 3. The summed E-state index contributed by atoms with van der Waals surface area (Å²) in [5.41, 5.74) is 0. The number of amides is 4. The molecule has 0 aromatic rings. The van der Waals surface area contributed by atoms with Gasteiger partial charge < -0.3 is 29.5 Å². The predicted octanol–water partition coefficient (Wildman–Crippen LogP) is -0.593. The summed E-state index contributed by atoms with van der Waals surface area (Å²) in [5, 5.41) is 2.72. The highest BCUT2D eigenvalue weighted by molar-refractivity contribution is 5.90. The normalized spacial score (nSPS) is 31.4. The number of nitrogens with zero attached hydrogens (tertiary/aromatic N) is 3. The molecule has 27 heavy (non-hydrogen) atoms. The van der Waals surface area contributed by atoms with E-state index in [0.29, 0.717) is 32.8 Å². The molecule has 1 unspecified atom stereocenters. The lowest BCUT2D eigenvalue weighted by Gasteiger charge is -2.37. The predicted molar refractivity (Wildman–Crippen MR) is 95.0 cm³/mol. The molecular weight excluding hydrogens is 352 g/mol. The van der Waals surface area contributed by atoms with Gasteiger partial charge in [0.2, 0.25) is 11.8 Å². The van der Waals surface area contributed by atoms with Gasteiger partial charge in [-0.25, -0.2) is 4.79 Å². The lowest BCUT2D eigenvalue weighted by Crippen LogP contribution is -2.57. The molecule has 4 fully saturated rings. The minimum absolute atomic E-state index is 0.0406. The van der Waals surface area contributed by atoms with Crippen LogP contribution in [0.5, 0.6) is 0 Å². The van der Waals surface area contributed by atoms with Gasteiger partial charge in [0, 0.05) is 26.7 Å². The van der Waals surface area contributed by atoms with Crippen molar-refractivity contribution in [3.8, 4) is 0 Å². The average molecular weight is 380 g/mol. The molecule has 0 radical (unpaired) electrons. The minimum atomic E-state index is -0.531. The van der Waals surface area contributed by atoms with E-state index in [2.05, 4.69) is 5.32 Å². The van der Waals surface area contributed by atoms with Crippen LogP contribution >= 0.6 is 0 Å². The van der Waals surface area contributed by atoms with Crippen molar-refractivity contribution in [2.45, 2.75) is 50.0 Å². The van der Waals surface area contributed by atoms with E-state index in [9.17, 15) is 14.4 Å². The summed E-state index contributed by atoms with van der Waals surface area (Å²) in [6.45, 7) is 2.34. The van der Waals surface area contributed by atoms with Gasteiger partial charge >= 0.3 is 6.03 Å². The van der Waals surface area contributed by atoms with Crippen LogP contribution in [0.4, 0.5) is 4.79 Å². The Kier molecular flexibility index (Phi) is 5.23. The number of rotatable bonds is 4. The van der Waals surface area contributed by atoms with Gasteiger partial charge in [0.05, 0.1) is 31.4 Å². The zero-order valence-corrected chi connectivity index (χ0v) is 15.8. The first-order valence-corrected chi connectivity index (χ1v) is 9.86. The van der Waals surface area contributed by atoms with E-state index in [1.165, 1.54) is 17.7 Å². The van der Waals surface area contributed by atoms with Crippen LogP contribution in [0.25, 0.3) is 0 Å². The number of likely N-dealkylation sites (tertiary alicyclic amines) is 1. The molecule has 0 aromatic heterocycles. The van der Waals surface area contributed by atoms with Gasteiger partial charge in [0.25, 0.3) is 0 Å². The number of likely N-dealkylation sites (N-methyl/N-ethyl adjacent to an activating group) is 1. The van der Waals surface area contributed by atoms with Crippen LogP contribution < -0.4 is 5.32 Å². The first-order chi connectivity index (χ1) is 13.0. The molecule has 9 nitrogen and oxygen atoms in total. The maximum absolute atomic E-state index is 12.9. The van der Waals surface area contributed by atoms with Crippen molar-refractivity contribution in [1.82, 2.24) is 20.0 Å². The molecule has 3 heterocycles. The summed E-state index contributed by atoms with van der Waals surface area (Å²) in [6, 6.07) is -0.924. The summed E-state index contributed by atoms with van der Waals surface area (Å²) < 4.78 is 11.6. The third kappa shape index (κ3) is 3.75. The highest BCUT2D eigenvalue weighted by Gasteiger charge is 2.46. The Bertz CT molecular complexity index is 609. The van der Waals surface area contributed by atoms with Crippen molar-refractivity contribution in [2.24, 2.45) is 0 Å². The van der Waals surface area contributed by atoms with Gasteiger partial charge in [0.15, 0.2) is 0 Å². The SMILES string of the molecule is CN1CC(C(=O)N2CCO[C@@H]3CN(C(=O)COC4CCCC4)C[C@@H]32)NC1=O. The number of hydrogen-bond donors (Lipinski definition) is 1. The molecule has 1 N–H and O–H groups in total. The van der Waals surface area contributed by atoms with Gasteiger partial charge in [-0.05, 0) is 12.8 Å². The minimum Gasteiger partial charge on any atom is -0.372 e. The van der Waals surface area contributed by atoms with Gasteiger partial charge in [-0.3, -0.25) is 9.59 Å². The molecule has 0 aromatic carbocycles. The van der Waals surface area contributed by atoms with Crippen molar-refractivity contribution in [1.29, 1.82) is 0 Å². The number of nitrogens with one attached hydrogen (secondary N) is 1. The molecule has 9 heteroatoms. The fourth-order valence-corrected chi connectivity index (χ4v) is 4.50. The average Bonchev–Trinajstić information content (AvgIpc) is 3.39. The molecule has 0 bridgehead atoms. The Balaban J connectivity index is 1.34. The fourth-order valence-electron chi connectivity index (χ4n) is 4.50. The first kappa shape index (κ1) is 18.5. The Morgan fingerprint density at radius 2 is 2.00 bits per heavy atom. The first-order valence-electron chi connectivity index (χ1n) is 9.86. The van der Waals surface area contributed by atoms with E-state index in [0.717, 1.165) is 12.8 Å². The van der Waals surface area contributed by atoms with Crippen molar-refractivity contribution in [2.75, 3.05) is 46.4 Å². The van der Waals surface area contributed by atoms with Crippen molar-refractivity contribution in [3.63, 3.8) is 0 Å². The maximum Gasteiger partial charge on any atom is 0.317 e. The summed E-state index contributed by atoms with van der Waals surface area (Å²) in [4.78, 5) is 42.2. The second kappa shape index (κ2) is 7.63. The second-order valence-corrected chi connectivity index (χ2v) is 7.91. The van der Waals surface area contributed by atoms with Crippen LogP contribution in [0.2, 0.25) is 0 Å². The summed E-state index contributed by atoms with van der Waals surface area (Å²) in [7, 11) is 1.67. The Morgan fingerprint density at radius 3 is 2.70 bits per heavy atom. The van der Waals surface area contributed by atoms with E-state index in [1.54, 1.807) is 16.8 Å². The molecule has 0 spiro atoms. The monoisotopic (exact) mass is 380 g/mol. The van der Waals surface area contributed by atoms with E-state index < -0.39 is 6.04 Å². The number of hydrogen-bond acceptors (Lipinski definition) is 5. The summed E-state index contributed by atoms with van der Waals surface area (Å²) in [5.74, 6) is -0.135. The Labute approximate surface area is 158 Å². The Hall–Kier alpha value is -1.87. The lowest BCUT2D eigenvalue weighted by atomic mass is 10.1. The fraction of sp³-hybridized carbons (Fsp3) is 0.833. The van der Waals surface area contributed by atoms with E-state index in [1.807, 2.05) is 0 Å². The van der Waals surface area contributed by atoms with E-state index in [4.69, 9.17) is 9.47 Å². The molecule has 150 valence electrons. The highest BCUT2D eigenvalue weighted by atomic mass is 16.5. The second-order valence-electron chi connectivity index (χ2n) is 7.91. The van der Waals surface area contributed by atoms with Crippen LogP contribution in [0.15, 0.2) is 0 Å². The zero-order valence-electron chi connectivity index (χ0n) is 15.8. The number of ether oxygens (including phenoxy) is 2. The number of carbonyl (C=O) groups is 3. The van der Waals surface area contributed by atoms with Crippen molar-refractivity contribution < 1.29 is 23.9 Å². The van der Waals surface area contributed by atoms with Crippen LogP contribution in [0.3, 0.4) is 0 Å². The molecule has 1 aliphatic carbocycles. The smallest absolute Gasteiger partial charge is 0.317 e. The quantitative estimate of drug-likeness (QED) is 0.704.